The number of hydrogen-bond donors (Lipinski definition) is 2. The summed E-state index contributed by atoms with van der Waals surface area (Å²) in [6.07, 6.45) is 2.64. The van der Waals surface area contributed by atoms with Gasteiger partial charge in [0, 0.05) is 13.1 Å². The summed E-state index contributed by atoms with van der Waals surface area (Å²) >= 11 is 0. The number of piperidine rings is 1. The maximum atomic E-state index is 8.71. The zero-order chi connectivity index (χ0) is 8.81. The predicted molar refractivity (Wildman–Crippen MR) is 64.7 cm³/mol. The van der Waals surface area contributed by atoms with Gasteiger partial charge in [0.15, 0.2) is 0 Å². The molecule has 1 rings (SSSR count). The summed E-state index contributed by atoms with van der Waals surface area (Å²) in [4.78, 5) is 2.21. The molecule has 1 saturated heterocycles. The molecule has 5 heteroatoms. The SMILES string of the molecule is CN(CCO)CC1CCCNC1.Cl.Cl. The van der Waals surface area contributed by atoms with E-state index in [0.29, 0.717) is 0 Å². The minimum atomic E-state index is 0. The van der Waals surface area contributed by atoms with Crippen LogP contribution < -0.4 is 5.32 Å². The van der Waals surface area contributed by atoms with Crippen molar-refractivity contribution in [1.29, 1.82) is 0 Å². The summed E-state index contributed by atoms with van der Waals surface area (Å²) < 4.78 is 0. The molecule has 0 saturated carbocycles. The molecule has 0 aromatic carbocycles. The lowest BCUT2D eigenvalue weighted by Crippen LogP contribution is -2.37. The molecule has 0 spiro atoms. The molecule has 0 radical (unpaired) electrons. The molecular formula is C9H22Cl2N2O. The predicted octanol–water partition coefficient (Wildman–Crippen LogP) is 0.754. The van der Waals surface area contributed by atoms with Crippen molar-refractivity contribution in [2.45, 2.75) is 12.8 Å². The van der Waals surface area contributed by atoms with Crippen LogP contribution in [0.1, 0.15) is 12.8 Å². The van der Waals surface area contributed by atoms with Crippen molar-refractivity contribution in [3.63, 3.8) is 0 Å². The van der Waals surface area contributed by atoms with Gasteiger partial charge < -0.3 is 15.3 Å². The fraction of sp³-hybridized carbons (Fsp3) is 1.00. The fourth-order valence-corrected chi connectivity index (χ4v) is 1.78. The first kappa shape index (κ1) is 16.9. The first-order chi connectivity index (χ1) is 5.83. The molecule has 14 heavy (non-hydrogen) atoms. The van der Waals surface area contributed by atoms with Crippen LogP contribution in [0.3, 0.4) is 0 Å². The Morgan fingerprint density at radius 1 is 1.43 bits per heavy atom. The number of likely N-dealkylation sites (N-methyl/N-ethyl adjacent to an activating group) is 1. The van der Waals surface area contributed by atoms with Gasteiger partial charge >= 0.3 is 0 Å². The third kappa shape index (κ3) is 6.85. The highest BCUT2D eigenvalue weighted by molar-refractivity contribution is 5.85. The first-order valence-electron chi connectivity index (χ1n) is 4.83. The van der Waals surface area contributed by atoms with Crippen LogP contribution in [0.4, 0.5) is 0 Å². The zero-order valence-corrected chi connectivity index (χ0v) is 10.4. The number of nitrogens with zero attached hydrogens (tertiary/aromatic N) is 1. The average molecular weight is 245 g/mol. The molecule has 0 aromatic rings. The Hall–Kier alpha value is 0.460. The lowest BCUT2D eigenvalue weighted by molar-refractivity contribution is 0.190. The van der Waals surface area contributed by atoms with Gasteiger partial charge in [0.05, 0.1) is 6.61 Å². The Morgan fingerprint density at radius 3 is 2.64 bits per heavy atom. The Labute approximate surface area is 99.1 Å². The van der Waals surface area contributed by atoms with Crippen LogP contribution in [0.15, 0.2) is 0 Å². The largest absolute Gasteiger partial charge is 0.395 e. The van der Waals surface area contributed by atoms with Gasteiger partial charge in [-0.15, -0.1) is 24.8 Å². The number of hydrogen-bond acceptors (Lipinski definition) is 3. The lowest BCUT2D eigenvalue weighted by atomic mass is 9.99. The van der Waals surface area contributed by atoms with Crippen LogP contribution in [-0.4, -0.2) is 49.8 Å². The molecule has 0 aromatic heterocycles. The molecule has 1 aliphatic heterocycles. The van der Waals surface area contributed by atoms with E-state index in [9.17, 15) is 0 Å². The maximum Gasteiger partial charge on any atom is 0.0558 e. The van der Waals surface area contributed by atoms with E-state index in [4.69, 9.17) is 5.11 Å². The zero-order valence-electron chi connectivity index (χ0n) is 8.74. The summed E-state index contributed by atoms with van der Waals surface area (Å²) in [5.74, 6) is 0.787. The van der Waals surface area contributed by atoms with E-state index in [2.05, 4.69) is 17.3 Å². The smallest absolute Gasteiger partial charge is 0.0558 e. The van der Waals surface area contributed by atoms with Crippen molar-refractivity contribution in [1.82, 2.24) is 10.2 Å². The van der Waals surface area contributed by atoms with Crippen molar-refractivity contribution in [2.75, 3.05) is 39.8 Å². The highest BCUT2D eigenvalue weighted by Crippen LogP contribution is 2.10. The lowest BCUT2D eigenvalue weighted by Gasteiger charge is -2.27. The molecule has 0 amide bonds. The highest BCUT2D eigenvalue weighted by Gasteiger charge is 2.14. The van der Waals surface area contributed by atoms with E-state index in [1.54, 1.807) is 0 Å². The third-order valence-corrected chi connectivity index (χ3v) is 2.45. The molecule has 1 aliphatic rings. The molecule has 3 nitrogen and oxygen atoms in total. The van der Waals surface area contributed by atoms with Crippen LogP contribution in [0.25, 0.3) is 0 Å². The Kier molecular flexibility index (Phi) is 12.0. The topological polar surface area (TPSA) is 35.5 Å². The van der Waals surface area contributed by atoms with Crippen molar-refractivity contribution >= 4 is 24.8 Å². The van der Waals surface area contributed by atoms with Gasteiger partial charge in [-0.1, -0.05) is 0 Å². The van der Waals surface area contributed by atoms with Crippen LogP contribution in [0, 0.1) is 5.92 Å². The molecule has 0 bridgehead atoms. The van der Waals surface area contributed by atoms with Crippen molar-refractivity contribution in [3.8, 4) is 0 Å². The Bertz CT molecular complexity index is 121. The van der Waals surface area contributed by atoms with Crippen LogP contribution >= 0.6 is 24.8 Å². The van der Waals surface area contributed by atoms with E-state index in [0.717, 1.165) is 25.6 Å². The van der Waals surface area contributed by atoms with Gasteiger partial charge in [-0.25, -0.2) is 0 Å². The van der Waals surface area contributed by atoms with Crippen molar-refractivity contribution in [2.24, 2.45) is 5.92 Å². The van der Waals surface area contributed by atoms with E-state index < -0.39 is 0 Å². The molecule has 1 heterocycles. The summed E-state index contributed by atoms with van der Waals surface area (Å²) in [5, 5.41) is 12.1. The molecule has 1 atom stereocenters. The van der Waals surface area contributed by atoms with Crippen LogP contribution in [-0.2, 0) is 0 Å². The van der Waals surface area contributed by atoms with Crippen LogP contribution in [0.5, 0.6) is 0 Å². The van der Waals surface area contributed by atoms with Crippen molar-refractivity contribution < 1.29 is 5.11 Å². The molecule has 1 fully saturated rings. The molecule has 0 aliphatic carbocycles. The second-order valence-electron chi connectivity index (χ2n) is 3.70. The van der Waals surface area contributed by atoms with Gasteiger partial charge in [-0.05, 0) is 38.9 Å². The quantitative estimate of drug-likeness (QED) is 0.767. The minimum Gasteiger partial charge on any atom is -0.395 e. The Morgan fingerprint density at radius 2 is 2.14 bits per heavy atom. The number of aliphatic hydroxyl groups is 1. The number of halogens is 2. The van der Waals surface area contributed by atoms with Crippen LogP contribution in [0.2, 0.25) is 0 Å². The van der Waals surface area contributed by atoms with Gasteiger partial charge in [-0.3, -0.25) is 0 Å². The molecule has 88 valence electrons. The normalized spacial score (nSPS) is 21.2. The third-order valence-electron chi connectivity index (χ3n) is 2.45. The molecular weight excluding hydrogens is 223 g/mol. The minimum absolute atomic E-state index is 0. The highest BCUT2D eigenvalue weighted by atomic mass is 35.5. The average Bonchev–Trinajstić information content (AvgIpc) is 2.06. The second-order valence-corrected chi connectivity index (χ2v) is 3.70. The van der Waals surface area contributed by atoms with Gasteiger partial charge in [-0.2, -0.15) is 0 Å². The fourth-order valence-electron chi connectivity index (χ4n) is 1.78. The Balaban J connectivity index is 0. The molecule has 2 N–H and O–H groups in total. The standard InChI is InChI=1S/C9H20N2O.2ClH/c1-11(5-6-12)8-9-3-2-4-10-7-9;;/h9-10,12H,2-8H2,1H3;2*1H. The number of aliphatic hydroxyl groups excluding tert-OH is 1. The summed E-state index contributed by atoms with van der Waals surface area (Å²) in [6.45, 7) is 4.52. The summed E-state index contributed by atoms with van der Waals surface area (Å²) in [5.41, 5.74) is 0. The van der Waals surface area contributed by atoms with E-state index in [-0.39, 0.29) is 31.4 Å². The molecule has 1 unspecified atom stereocenters. The van der Waals surface area contributed by atoms with Gasteiger partial charge in [0.25, 0.3) is 0 Å². The van der Waals surface area contributed by atoms with Gasteiger partial charge in [0.1, 0.15) is 0 Å². The van der Waals surface area contributed by atoms with Crippen molar-refractivity contribution in [3.05, 3.63) is 0 Å². The second kappa shape index (κ2) is 9.99. The summed E-state index contributed by atoms with van der Waals surface area (Å²) in [7, 11) is 2.07. The number of rotatable bonds is 4. The number of nitrogens with one attached hydrogen (secondary N) is 1. The monoisotopic (exact) mass is 244 g/mol. The summed E-state index contributed by atoms with van der Waals surface area (Å²) in [6, 6.07) is 0. The van der Waals surface area contributed by atoms with E-state index >= 15 is 0 Å². The van der Waals surface area contributed by atoms with E-state index in [1.165, 1.54) is 19.4 Å². The maximum absolute atomic E-state index is 8.71. The first-order valence-corrected chi connectivity index (χ1v) is 4.83. The van der Waals surface area contributed by atoms with E-state index in [1.807, 2.05) is 0 Å². The van der Waals surface area contributed by atoms with Gasteiger partial charge in [0.2, 0.25) is 0 Å².